The number of rotatable bonds is 6. The van der Waals surface area contributed by atoms with Crippen LogP contribution in [0.2, 0.25) is 0 Å². The summed E-state index contributed by atoms with van der Waals surface area (Å²) in [7, 11) is 0. The Labute approximate surface area is 145 Å². The molecular weight excluding hydrogens is 325 g/mol. The van der Waals surface area contributed by atoms with Gasteiger partial charge in [0.15, 0.2) is 5.76 Å². The minimum absolute atomic E-state index is 0.0456. The zero-order valence-electron chi connectivity index (χ0n) is 13.8. The van der Waals surface area contributed by atoms with E-state index < -0.39 is 5.82 Å². The molecule has 0 spiro atoms. The van der Waals surface area contributed by atoms with Crippen LogP contribution in [0, 0.1) is 5.82 Å². The van der Waals surface area contributed by atoms with Crippen LogP contribution in [0.3, 0.4) is 0 Å². The number of piperazine rings is 1. The number of benzene rings is 1. The number of carbonyl (C=O) groups excluding carboxylic acids is 2. The number of anilines is 1. The number of hydrogen-bond donors (Lipinski definition) is 1. The molecule has 1 aliphatic rings. The van der Waals surface area contributed by atoms with Crippen molar-refractivity contribution >= 4 is 17.4 Å². The Balaban J connectivity index is 1.42. The maximum atomic E-state index is 13.5. The molecule has 0 atom stereocenters. The third kappa shape index (κ3) is 4.74. The van der Waals surface area contributed by atoms with Gasteiger partial charge in [0.2, 0.25) is 11.7 Å². The summed E-state index contributed by atoms with van der Waals surface area (Å²) in [5, 5.41) is 2.58. The van der Waals surface area contributed by atoms with Gasteiger partial charge in [0, 0.05) is 26.2 Å². The summed E-state index contributed by atoms with van der Waals surface area (Å²) in [5.74, 6) is -0.371. The number of furan rings is 1. The van der Waals surface area contributed by atoms with Crippen LogP contribution in [-0.2, 0) is 4.79 Å². The molecule has 3 rings (SSSR count). The number of carbonyl (C=O) groups is 2. The molecule has 0 aliphatic carbocycles. The fraction of sp³-hybridized carbons (Fsp3) is 0.333. The molecule has 1 aromatic carbocycles. The fourth-order valence-electron chi connectivity index (χ4n) is 2.78. The lowest BCUT2D eigenvalue weighted by atomic mass is 10.2. The molecule has 6 nitrogen and oxygen atoms in total. The van der Waals surface area contributed by atoms with E-state index in [2.05, 4.69) is 5.32 Å². The van der Waals surface area contributed by atoms with Crippen molar-refractivity contribution in [2.24, 2.45) is 0 Å². The van der Waals surface area contributed by atoms with E-state index in [1.54, 1.807) is 24.3 Å². The van der Waals surface area contributed by atoms with Crippen LogP contribution in [0.25, 0.3) is 0 Å². The predicted octanol–water partition coefficient (Wildman–Crippen LogP) is 1.86. The molecule has 1 aromatic heterocycles. The normalized spacial score (nSPS) is 15.9. The number of halogens is 1. The second kappa shape index (κ2) is 8.04. The molecular formula is C18H20FN3O3. The van der Waals surface area contributed by atoms with Crippen molar-refractivity contribution in [2.45, 2.75) is 0 Å². The molecule has 0 saturated carbocycles. The molecule has 0 bridgehead atoms. The summed E-state index contributed by atoms with van der Waals surface area (Å²) in [6, 6.07) is 9.45. The molecule has 0 unspecified atom stereocenters. The van der Waals surface area contributed by atoms with Gasteiger partial charge in [0.05, 0.1) is 25.0 Å². The number of para-hydroxylation sites is 1. The highest BCUT2D eigenvalue weighted by molar-refractivity contribution is 5.95. The van der Waals surface area contributed by atoms with E-state index >= 15 is 0 Å². The summed E-state index contributed by atoms with van der Waals surface area (Å²) < 4.78 is 18.6. The molecule has 2 aromatic rings. The van der Waals surface area contributed by atoms with Gasteiger partial charge in [-0.05, 0) is 24.3 Å². The van der Waals surface area contributed by atoms with Gasteiger partial charge < -0.3 is 9.73 Å². The SMILES string of the molecule is O=C(CN1CCN(CC(=O)c2ccco2)CC1)Nc1ccccc1F. The molecule has 2 heterocycles. The van der Waals surface area contributed by atoms with E-state index in [4.69, 9.17) is 4.42 Å². The molecule has 0 radical (unpaired) electrons. The Kier molecular flexibility index (Phi) is 5.57. The van der Waals surface area contributed by atoms with Crippen molar-refractivity contribution in [3.8, 4) is 0 Å². The van der Waals surface area contributed by atoms with Crippen LogP contribution in [0.15, 0.2) is 47.1 Å². The van der Waals surface area contributed by atoms with Gasteiger partial charge in [-0.25, -0.2) is 4.39 Å². The number of nitrogens with zero attached hydrogens (tertiary/aromatic N) is 2. The summed E-state index contributed by atoms with van der Waals surface area (Å²) in [6.07, 6.45) is 1.49. The van der Waals surface area contributed by atoms with E-state index in [9.17, 15) is 14.0 Å². The zero-order valence-corrected chi connectivity index (χ0v) is 13.8. The second-order valence-corrected chi connectivity index (χ2v) is 5.98. The van der Waals surface area contributed by atoms with Crippen molar-refractivity contribution in [2.75, 3.05) is 44.6 Å². The van der Waals surface area contributed by atoms with Crippen molar-refractivity contribution < 1.29 is 18.4 Å². The van der Waals surface area contributed by atoms with Gasteiger partial charge in [-0.15, -0.1) is 0 Å². The first-order chi connectivity index (χ1) is 12.1. The highest BCUT2D eigenvalue weighted by Crippen LogP contribution is 2.12. The third-order valence-corrected chi connectivity index (χ3v) is 4.14. The Hall–Kier alpha value is -2.51. The minimum atomic E-state index is -0.447. The third-order valence-electron chi connectivity index (χ3n) is 4.14. The number of hydrogen-bond acceptors (Lipinski definition) is 5. The Morgan fingerprint density at radius 2 is 1.68 bits per heavy atom. The van der Waals surface area contributed by atoms with E-state index in [0.29, 0.717) is 38.5 Å². The fourth-order valence-corrected chi connectivity index (χ4v) is 2.78. The summed E-state index contributed by atoms with van der Waals surface area (Å²) in [6.45, 7) is 3.25. The zero-order chi connectivity index (χ0) is 17.6. The van der Waals surface area contributed by atoms with E-state index in [0.717, 1.165) is 0 Å². The largest absolute Gasteiger partial charge is 0.461 e. The van der Waals surface area contributed by atoms with Gasteiger partial charge in [-0.2, -0.15) is 0 Å². The van der Waals surface area contributed by atoms with Crippen LogP contribution in [0.1, 0.15) is 10.6 Å². The van der Waals surface area contributed by atoms with Crippen LogP contribution in [-0.4, -0.2) is 60.8 Å². The van der Waals surface area contributed by atoms with Crippen molar-refractivity contribution in [3.63, 3.8) is 0 Å². The minimum Gasteiger partial charge on any atom is -0.461 e. The van der Waals surface area contributed by atoms with Crippen molar-refractivity contribution in [1.82, 2.24) is 9.80 Å². The van der Waals surface area contributed by atoms with E-state index in [-0.39, 0.29) is 23.9 Å². The summed E-state index contributed by atoms with van der Waals surface area (Å²) in [5.41, 5.74) is 0.190. The maximum Gasteiger partial charge on any atom is 0.238 e. The van der Waals surface area contributed by atoms with Crippen LogP contribution < -0.4 is 5.32 Å². The molecule has 1 N–H and O–H groups in total. The molecule has 25 heavy (non-hydrogen) atoms. The first kappa shape index (κ1) is 17.3. The molecule has 132 valence electrons. The lowest BCUT2D eigenvalue weighted by molar-refractivity contribution is -0.117. The number of ketones is 1. The van der Waals surface area contributed by atoms with E-state index in [1.807, 2.05) is 9.80 Å². The second-order valence-electron chi connectivity index (χ2n) is 5.98. The van der Waals surface area contributed by atoms with Gasteiger partial charge in [-0.1, -0.05) is 12.1 Å². The Morgan fingerprint density at radius 3 is 2.32 bits per heavy atom. The average molecular weight is 345 g/mol. The maximum absolute atomic E-state index is 13.5. The van der Waals surface area contributed by atoms with Gasteiger partial charge in [0.1, 0.15) is 5.82 Å². The smallest absolute Gasteiger partial charge is 0.238 e. The summed E-state index contributed by atoms with van der Waals surface area (Å²) in [4.78, 5) is 28.1. The number of amides is 1. The molecule has 7 heteroatoms. The first-order valence-corrected chi connectivity index (χ1v) is 8.17. The lowest BCUT2D eigenvalue weighted by Gasteiger charge is -2.33. The Bertz CT molecular complexity index is 725. The number of Topliss-reactive ketones (excluding diaryl/α,β-unsaturated/α-hetero) is 1. The standard InChI is InChI=1S/C18H20FN3O3/c19-14-4-1-2-5-15(14)20-18(24)13-22-9-7-21(8-10-22)12-16(23)17-6-3-11-25-17/h1-6,11H,7-10,12-13H2,(H,20,24). The average Bonchev–Trinajstić information content (AvgIpc) is 3.13. The van der Waals surface area contributed by atoms with E-state index in [1.165, 1.54) is 18.4 Å². The monoisotopic (exact) mass is 345 g/mol. The highest BCUT2D eigenvalue weighted by atomic mass is 19.1. The number of nitrogens with one attached hydrogen (secondary N) is 1. The summed E-state index contributed by atoms with van der Waals surface area (Å²) >= 11 is 0. The Morgan fingerprint density at radius 1 is 1.00 bits per heavy atom. The predicted molar refractivity (Wildman–Crippen MR) is 90.9 cm³/mol. The van der Waals surface area contributed by atoms with Crippen LogP contribution >= 0.6 is 0 Å². The lowest BCUT2D eigenvalue weighted by Crippen LogP contribution is -2.49. The van der Waals surface area contributed by atoms with Crippen LogP contribution in [0.5, 0.6) is 0 Å². The van der Waals surface area contributed by atoms with Crippen molar-refractivity contribution in [3.05, 3.63) is 54.2 Å². The topological polar surface area (TPSA) is 65.8 Å². The highest BCUT2D eigenvalue weighted by Gasteiger charge is 2.22. The van der Waals surface area contributed by atoms with Crippen LogP contribution in [0.4, 0.5) is 10.1 Å². The molecule has 1 saturated heterocycles. The molecule has 1 aliphatic heterocycles. The van der Waals surface area contributed by atoms with Crippen molar-refractivity contribution in [1.29, 1.82) is 0 Å². The quantitative estimate of drug-likeness (QED) is 0.810. The van der Waals surface area contributed by atoms with Gasteiger partial charge in [-0.3, -0.25) is 19.4 Å². The molecule has 1 fully saturated rings. The first-order valence-electron chi connectivity index (χ1n) is 8.17. The molecule has 1 amide bonds. The van der Waals surface area contributed by atoms with Gasteiger partial charge >= 0.3 is 0 Å². The van der Waals surface area contributed by atoms with Gasteiger partial charge in [0.25, 0.3) is 0 Å².